The lowest BCUT2D eigenvalue weighted by molar-refractivity contribution is -0.142. The SMILES string of the molecule is CCC[C@H](NC(=O)[C@@H](NC(=O)[C@H](NC(=O)[C@@H](NC(=O)CNC(=O)[C@@H]1CCCN1C)[C@@H](C)CC)[C@@H](C)CC)[C@@H](C)O)C(=O)N[C@H](C(=O)N[C@@H](CCCN=C(N)N)C(=O)N1CCC[C@H]1C(=O)NCC)[C@@H](C)CC. The zero-order valence-electron chi connectivity index (χ0n) is 43.9. The van der Waals surface area contributed by atoms with Gasteiger partial charge in [-0.25, -0.2) is 0 Å². The van der Waals surface area contributed by atoms with E-state index < -0.39 is 102 Å². The minimum absolute atomic E-state index is 0.102. The summed E-state index contributed by atoms with van der Waals surface area (Å²) >= 11 is 0. The molecule has 0 aromatic carbocycles. The molecule has 2 saturated heterocycles. The molecule has 9 amide bonds. The Bertz CT molecular complexity index is 1830. The number of nitrogens with zero attached hydrogens (tertiary/aromatic N) is 3. The van der Waals surface area contributed by atoms with Crippen LogP contribution in [-0.4, -0.2) is 168 Å². The van der Waals surface area contributed by atoms with Crippen molar-refractivity contribution < 1.29 is 48.3 Å². The number of carbonyl (C=O) groups is 9. The number of likely N-dealkylation sites (tertiary alicyclic amines) is 2. The van der Waals surface area contributed by atoms with Crippen molar-refractivity contribution in [1.82, 2.24) is 52.3 Å². The molecule has 0 unspecified atom stereocenters. The number of guanidine groups is 1. The highest BCUT2D eigenvalue weighted by atomic mass is 16.3. The van der Waals surface area contributed by atoms with Crippen LogP contribution < -0.4 is 54.0 Å². The molecule has 2 aliphatic heterocycles. The van der Waals surface area contributed by atoms with Gasteiger partial charge in [0.05, 0.1) is 18.7 Å². The fourth-order valence-electron chi connectivity index (χ4n) is 8.64. The Balaban J connectivity index is 2.29. The van der Waals surface area contributed by atoms with E-state index in [1.807, 2.05) is 25.8 Å². The third-order valence-electron chi connectivity index (χ3n) is 13.7. The maximum atomic E-state index is 14.2. The summed E-state index contributed by atoms with van der Waals surface area (Å²) in [5.74, 6) is -6.84. The number of likely N-dealkylation sites (N-methyl/N-ethyl adjacent to an activating group) is 2. The smallest absolute Gasteiger partial charge is 0.245 e. The quantitative estimate of drug-likeness (QED) is 0.0225. The Labute approximate surface area is 420 Å². The normalized spacial score (nSPS) is 20.0. The Kier molecular flexibility index (Phi) is 26.9. The van der Waals surface area contributed by atoms with Crippen LogP contribution in [0.5, 0.6) is 0 Å². The molecular formula is C48H87N13O10. The molecular weight excluding hydrogens is 919 g/mol. The van der Waals surface area contributed by atoms with E-state index in [9.17, 15) is 48.3 Å². The molecule has 0 aromatic heterocycles. The summed E-state index contributed by atoms with van der Waals surface area (Å²) in [6, 6.07) is -8.47. The number of amides is 9. The van der Waals surface area contributed by atoms with Crippen molar-refractivity contribution >= 4 is 59.1 Å². The van der Waals surface area contributed by atoms with Gasteiger partial charge in [0.2, 0.25) is 53.2 Å². The van der Waals surface area contributed by atoms with Crippen molar-refractivity contribution in [3.05, 3.63) is 0 Å². The maximum absolute atomic E-state index is 14.2. The van der Waals surface area contributed by atoms with E-state index in [1.165, 1.54) is 11.8 Å². The lowest BCUT2D eigenvalue weighted by atomic mass is 9.94. The second-order valence-electron chi connectivity index (χ2n) is 19.2. The van der Waals surface area contributed by atoms with Crippen molar-refractivity contribution in [3.63, 3.8) is 0 Å². The van der Waals surface area contributed by atoms with Crippen molar-refractivity contribution in [3.8, 4) is 0 Å². The molecule has 2 aliphatic rings. The van der Waals surface area contributed by atoms with Gasteiger partial charge >= 0.3 is 0 Å². The fraction of sp³-hybridized carbons (Fsp3) is 0.792. The predicted molar refractivity (Wildman–Crippen MR) is 269 cm³/mol. The van der Waals surface area contributed by atoms with Gasteiger partial charge in [-0.2, -0.15) is 0 Å². The van der Waals surface area contributed by atoms with Gasteiger partial charge in [0.25, 0.3) is 0 Å². The summed E-state index contributed by atoms with van der Waals surface area (Å²) in [5.41, 5.74) is 11.0. The van der Waals surface area contributed by atoms with Gasteiger partial charge in [-0.1, -0.05) is 74.1 Å². The molecule has 404 valence electrons. The van der Waals surface area contributed by atoms with E-state index in [4.69, 9.17) is 11.5 Å². The molecule has 0 spiro atoms. The Morgan fingerprint density at radius 2 is 1.08 bits per heavy atom. The molecule has 2 fully saturated rings. The predicted octanol–water partition coefficient (Wildman–Crippen LogP) is -1.39. The molecule has 0 aromatic rings. The first-order valence-electron chi connectivity index (χ1n) is 25.7. The van der Waals surface area contributed by atoms with Gasteiger partial charge in [0, 0.05) is 19.6 Å². The summed E-state index contributed by atoms with van der Waals surface area (Å²) in [5, 5.41) is 32.5. The third kappa shape index (κ3) is 19.2. The number of hydrogen-bond acceptors (Lipinski definition) is 12. The topological polar surface area (TPSA) is 341 Å². The van der Waals surface area contributed by atoms with Gasteiger partial charge in [0.1, 0.15) is 42.3 Å². The number of nitrogens with one attached hydrogen (secondary N) is 8. The van der Waals surface area contributed by atoms with Crippen molar-refractivity contribution in [1.29, 1.82) is 0 Å². The number of hydrogen-bond donors (Lipinski definition) is 11. The van der Waals surface area contributed by atoms with Crippen LogP contribution in [-0.2, 0) is 43.2 Å². The summed E-state index contributed by atoms with van der Waals surface area (Å²) < 4.78 is 0. The van der Waals surface area contributed by atoms with Crippen LogP contribution in [0, 0.1) is 17.8 Å². The van der Waals surface area contributed by atoms with Gasteiger partial charge in [-0.15, -0.1) is 0 Å². The Morgan fingerprint density at radius 3 is 1.59 bits per heavy atom. The maximum Gasteiger partial charge on any atom is 0.245 e. The summed E-state index contributed by atoms with van der Waals surface area (Å²) in [6.07, 6.45) is 3.38. The molecule has 0 radical (unpaired) electrons. The first kappa shape index (κ1) is 61.5. The second kappa shape index (κ2) is 31.0. The summed E-state index contributed by atoms with van der Waals surface area (Å²) in [7, 11) is 1.84. The van der Waals surface area contributed by atoms with E-state index in [0.29, 0.717) is 64.5 Å². The molecule has 0 bridgehead atoms. The number of rotatable bonds is 30. The highest BCUT2D eigenvalue weighted by Gasteiger charge is 2.40. The average molecular weight is 1010 g/mol. The number of carbonyl (C=O) groups excluding carboxylic acids is 9. The first-order valence-corrected chi connectivity index (χ1v) is 25.7. The molecule has 0 saturated carbocycles. The van der Waals surface area contributed by atoms with Crippen LogP contribution in [0.3, 0.4) is 0 Å². The summed E-state index contributed by atoms with van der Waals surface area (Å²) in [4.78, 5) is 130. The molecule has 13 N–H and O–H groups in total. The van der Waals surface area contributed by atoms with Crippen LogP contribution in [0.4, 0.5) is 0 Å². The van der Waals surface area contributed by atoms with Crippen LogP contribution >= 0.6 is 0 Å². The van der Waals surface area contributed by atoms with E-state index in [1.54, 1.807) is 41.5 Å². The summed E-state index contributed by atoms with van der Waals surface area (Å²) in [6.45, 7) is 16.8. The lowest BCUT2D eigenvalue weighted by Gasteiger charge is -2.32. The highest BCUT2D eigenvalue weighted by molar-refractivity contribution is 5.98. The minimum atomic E-state index is -1.60. The van der Waals surface area contributed by atoms with Gasteiger partial charge in [-0.05, 0) is 90.1 Å². The molecule has 23 nitrogen and oxygen atoms in total. The molecule has 12 atom stereocenters. The van der Waals surface area contributed by atoms with Crippen LogP contribution in [0.1, 0.15) is 133 Å². The van der Waals surface area contributed by atoms with Crippen LogP contribution in [0.25, 0.3) is 0 Å². The minimum Gasteiger partial charge on any atom is -0.391 e. The van der Waals surface area contributed by atoms with E-state index in [2.05, 4.69) is 47.5 Å². The average Bonchev–Trinajstić information content (AvgIpc) is 4.01. The number of aliphatic hydroxyl groups is 1. The third-order valence-corrected chi connectivity index (χ3v) is 13.7. The molecule has 2 rings (SSSR count). The van der Waals surface area contributed by atoms with Crippen LogP contribution in [0.2, 0.25) is 0 Å². The lowest BCUT2D eigenvalue weighted by Crippen LogP contribution is -2.63. The van der Waals surface area contributed by atoms with Crippen molar-refractivity contribution in [2.75, 3.05) is 39.8 Å². The fourth-order valence-corrected chi connectivity index (χ4v) is 8.64. The van der Waals surface area contributed by atoms with Crippen molar-refractivity contribution in [2.24, 2.45) is 34.2 Å². The van der Waals surface area contributed by atoms with Gasteiger partial charge in [-0.3, -0.25) is 53.0 Å². The standard InChI is InChI=1S/C48H87N13O10/c1-11-19-31(40(64)57-37(28(7)13-3)43(67)55-32(20-16-23-52-48(49)50)47(71)61-25-18-22-34(61)42(66)51-15-5)54-46(70)39(30(9)62)59-45(69)38(29(8)14-4)58-44(68)36(27(6)12-2)56-35(63)26-53-41(65)33-21-17-24-60(33)10/h27-34,36-39,62H,11-26H2,1-10H3,(H,51,66)(H,53,65)(H,54,70)(H,55,67)(H,56,63)(H,57,64)(H,58,68)(H,59,69)(H4,49,50,52)/t27-,28-,29-,30+,31-,32-,33-,34-,36-,37-,38+,39-/m0/s1. The van der Waals surface area contributed by atoms with Gasteiger partial charge < -0.3 is 64.0 Å². The monoisotopic (exact) mass is 1010 g/mol. The molecule has 71 heavy (non-hydrogen) atoms. The van der Waals surface area contributed by atoms with E-state index >= 15 is 0 Å². The zero-order chi connectivity index (χ0) is 53.5. The Hall–Kier alpha value is -5.58. The first-order chi connectivity index (χ1) is 33.6. The molecule has 0 aliphatic carbocycles. The van der Waals surface area contributed by atoms with Gasteiger partial charge in [0.15, 0.2) is 5.96 Å². The van der Waals surface area contributed by atoms with E-state index in [0.717, 1.165) is 13.0 Å². The van der Waals surface area contributed by atoms with Crippen molar-refractivity contribution in [2.45, 2.75) is 187 Å². The molecule has 2 heterocycles. The number of aliphatic hydroxyl groups excluding tert-OH is 1. The largest absolute Gasteiger partial charge is 0.391 e. The molecule has 23 heteroatoms. The number of aliphatic imine (C=N–C) groups is 1. The zero-order valence-corrected chi connectivity index (χ0v) is 43.9. The number of nitrogens with two attached hydrogens (primary N) is 2. The Morgan fingerprint density at radius 1 is 0.606 bits per heavy atom. The van der Waals surface area contributed by atoms with Crippen LogP contribution in [0.15, 0.2) is 4.99 Å². The van der Waals surface area contributed by atoms with E-state index in [-0.39, 0.29) is 55.7 Å². The second-order valence-corrected chi connectivity index (χ2v) is 19.2. The highest BCUT2D eigenvalue weighted by Crippen LogP contribution is 2.21.